The van der Waals surface area contributed by atoms with E-state index in [0.717, 1.165) is 33.8 Å². The van der Waals surface area contributed by atoms with Crippen molar-refractivity contribution in [3.8, 4) is 11.4 Å². The normalized spacial score (nSPS) is 15.4. The maximum Gasteiger partial charge on any atom is 0.316 e. The van der Waals surface area contributed by atoms with Crippen molar-refractivity contribution < 1.29 is 14.3 Å². The molecule has 0 unspecified atom stereocenters. The van der Waals surface area contributed by atoms with Gasteiger partial charge in [-0.15, -0.1) is 0 Å². The van der Waals surface area contributed by atoms with Crippen LogP contribution in [-0.4, -0.2) is 33.9 Å². The molecule has 2 heterocycles. The average Bonchev–Trinajstić information content (AvgIpc) is 2.58. The van der Waals surface area contributed by atoms with Gasteiger partial charge in [0.1, 0.15) is 5.03 Å². The van der Waals surface area contributed by atoms with Crippen molar-refractivity contribution in [3.05, 3.63) is 41.1 Å². The van der Waals surface area contributed by atoms with Crippen LogP contribution >= 0.6 is 11.8 Å². The molecule has 0 spiro atoms. The number of benzene rings is 1. The zero-order valence-electron chi connectivity index (χ0n) is 15.7. The van der Waals surface area contributed by atoms with Crippen LogP contribution in [0.1, 0.15) is 37.6 Å². The number of carbonyl (C=O) groups excluding carboxylic acids is 1. The number of ether oxygens (including phenoxy) is 2. The molecular formula is C20H24N2O3S. The Labute approximate surface area is 158 Å². The third-order valence-corrected chi connectivity index (χ3v) is 5.15. The first-order valence-corrected chi connectivity index (χ1v) is 9.76. The van der Waals surface area contributed by atoms with Crippen LogP contribution in [0.4, 0.5) is 0 Å². The van der Waals surface area contributed by atoms with Crippen LogP contribution in [0, 0.1) is 6.92 Å². The molecular weight excluding hydrogens is 348 g/mol. The minimum Gasteiger partial charge on any atom is -0.465 e. The summed E-state index contributed by atoms with van der Waals surface area (Å²) in [4.78, 5) is 21.3. The molecule has 0 amide bonds. The molecule has 6 heteroatoms. The highest BCUT2D eigenvalue weighted by molar-refractivity contribution is 7.99. The number of thioether (sulfide) groups is 1. The molecule has 2 aromatic rings. The van der Waals surface area contributed by atoms with Gasteiger partial charge in [-0.05, 0) is 33.8 Å². The molecule has 0 atom stereocenters. The van der Waals surface area contributed by atoms with Crippen LogP contribution in [-0.2, 0) is 27.3 Å². The second kappa shape index (κ2) is 7.76. The summed E-state index contributed by atoms with van der Waals surface area (Å²) in [6, 6.07) is 8.15. The molecule has 1 aliphatic rings. The van der Waals surface area contributed by atoms with E-state index in [1.165, 1.54) is 11.8 Å². The van der Waals surface area contributed by atoms with Crippen LogP contribution in [0.15, 0.2) is 29.3 Å². The molecule has 138 valence electrons. The summed E-state index contributed by atoms with van der Waals surface area (Å²) in [5, 5.41) is 0.801. The largest absolute Gasteiger partial charge is 0.465 e. The Balaban J connectivity index is 1.98. The number of nitrogens with zero attached hydrogens (tertiary/aromatic N) is 2. The maximum absolute atomic E-state index is 11.8. The number of hydrogen-bond donors (Lipinski definition) is 0. The summed E-state index contributed by atoms with van der Waals surface area (Å²) >= 11 is 1.39. The zero-order valence-corrected chi connectivity index (χ0v) is 16.5. The number of aryl methyl sites for hydroxylation is 1. The van der Waals surface area contributed by atoms with Crippen molar-refractivity contribution in [1.29, 1.82) is 0 Å². The molecule has 26 heavy (non-hydrogen) atoms. The molecule has 0 saturated carbocycles. The summed E-state index contributed by atoms with van der Waals surface area (Å²) in [5.74, 6) is 0.684. The molecule has 1 aromatic heterocycles. The Bertz CT molecular complexity index is 821. The number of carbonyl (C=O) groups is 1. The Kier molecular flexibility index (Phi) is 5.63. The highest BCUT2D eigenvalue weighted by atomic mass is 32.2. The molecule has 1 aromatic carbocycles. The van der Waals surface area contributed by atoms with Crippen LogP contribution in [0.2, 0.25) is 0 Å². The van der Waals surface area contributed by atoms with Gasteiger partial charge < -0.3 is 9.47 Å². The molecule has 0 saturated heterocycles. The van der Waals surface area contributed by atoms with E-state index in [1.54, 1.807) is 6.92 Å². The topological polar surface area (TPSA) is 61.3 Å². The molecule has 0 bridgehead atoms. The lowest BCUT2D eigenvalue weighted by Crippen LogP contribution is -2.33. The molecule has 1 aliphatic heterocycles. The average molecular weight is 372 g/mol. The quantitative estimate of drug-likeness (QED) is 0.450. The second-order valence-electron chi connectivity index (χ2n) is 6.97. The lowest BCUT2D eigenvalue weighted by atomic mass is 9.96. The van der Waals surface area contributed by atoms with E-state index in [0.29, 0.717) is 19.0 Å². The molecule has 5 nitrogen and oxygen atoms in total. The standard InChI is InChI=1S/C20H24N2O3S/c1-5-24-17(23)12-26-19-15-11-25-20(3,4)10-16(15)21-18(22-19)14-8-6-7-13(2)9-14/h6-9H,5,10-12H2,1-4H3. The van der Waals surface area contributed by atoms with Gasteiger partial charge in [-0.2, -0.15) is 0 Å². The van der Waals surface area contributed by atoms with E-state index in [9.17, 15) is 4.79 Å². The van der Waals surface area contributed by atoms with Crippen LogP contribution in [0.3, 0.4) is 0 Å². The van der Waals surface area contributed by atoms with Crippen molar-refractivity contribution in [2.75, 3.05) is 12.4 Å². The van der Waals surface area contributed by atoms with Crippen molar-refractivity contribution in [1.82, 2.24) is 9.97 Å². The first-order chi connectivity index (χ1) is 12.4. The van der Waals surface area contributed by atoms with Gasteiger partial charge >= 0.3 is 5.97 Å². The molecule has 0 fully saturated rings. The van der Waals surface area contributed by atoms with E-state index in [4.69, 9.17) is 19.4 Å². The summed E-state index contributed by atoms with van der Waals surface area (Å²) in [6.45, 7) is 8.83. The predicted molar refractivity (Wildman–Crippen MR) is 102 cm³/mol. The van der Waals surface area contributed by atoms with Crippen LogP contribution < -0.4 is 0 Å². The summed E-state index contributed by atoms with van der Waals surface area (Å²) in [5.41, 5.74) is 3.87. The van der Waals surface area contributed by atoms with Gasteiger partial charge in [0.25, 0.3) is 0 Å². The molecule has 0 aliphatic carbocycles. The van der Waals surface area contributed by atoms with Gasteiger partial charge in [0, 0.05) is 17.5 Å². The number of fused-ring (bicyclic) bond motifs is 1. The Morgan fingerprint density at radius 2 is 2.15 bits per heavy atom. The van der Waals surface area contributed by atoms with Gasteiger partial charge in [0.2, 0.25) is 0 Å². The SMILES string of the molecule is CCOC(=O)CSc1nc(-c2cccc(C)c2)nc2c1COC(C)(C)C2. The van der Waals surface area contributed by atoms with E-state index in [2.05, 4.69) is 32.9 Å². The van der Waals surface area contributed by atoms with Crippen molar-refractivity contribution in [2.45, 2.75) is 51.3 Å². The highest BCUT2D eigenvalue weighted by Crippen LogP contribution is 2.34. The highest BCUT2D eigenvalue weighted by Gasteiger charge is 2.30. The third kappa shape index (κ3) is 4.43. The van der Waals surface area contributed by atoms with Gasteiger partial charge in [0.05, 0.1) is 30.3 Å². The minimum absolute atomic E-state index is 0.230. The van der Waals surface area contributed by atoms with Gasteiger partial charge in [0.15, 0.2) is 5.82 Å². The van der Waals surface area contributed by atoms with E-state index in [-0.39, 0.29) is 17.3 Å². The summed E-state index contributed by atoms with van der Waals surface area (Å²) < 4.78 is 11.0. The van der Waals surface area contributed by atoms with Crippen molar-refractivity contribution in [3.63, 3.8) is 0 Å². The predicted octanol–water partition coefficient (Wildman–Crippen LogP) is 3.96. The maximum atomic E-state index is 11.8. The van der Waals surface area contributed by atoms with Gasteiger partial charge in [-0.1, -0.05) is 35.5 Å². The first kappa shape index (κ1) is 18.9. The fourth-order valence-electron chi connectivity index (χ4n) is 2.88. The van der Waals surface area contributed by atoms with E-state index in [1.807, 2.05) is 12.1 Å². The monoisotopic (exact) mass is 372 g/mol. The Morgan fingerprint density at radius 1 is 1.35 bits per heavy atom. The Morgan fingerprint density at radius 3 is 2.88 bits per heavy atom. The van der Waals surface area contributed by atoms with Gasteiger partial charge in [-0.3, -0.25) is 4.79 Å². The minimum atomic E-state index is -0.256. The lowest BCUT2D eigenvalue weighted by Gasteiger charge is -2.32. The fraction of sp³-hybridized carbons (Fsp3) is 0.450. The fourth-order valence-corrected chi connectivity index (χ4v) is 3.72. The zero-order chi connectivity index (χ0) is 18.7. The smallest absolute Gasteiger partial charge is 0.316 e. The van der Waals surface area contributed by atoms with Gasteiger partial charge in [-0.25, -0.2) is 9.97 Å². The number of hydrogen-bond acceptors (Lipinski definition) is 6. The first-order valence-electron chi connectivity index (χ1n) is 8.77. The van der Waals surface area contributed by atoms with E-state index < -0.39 is 0 Å². The molecule has 0 N–H and O–H groups in total. The van der Waals surface area contributed by atoms with Crippen LogP contribution in [0.25, 0.3) is 11.4 Å². The van der Waals surface area contributed by atoms with Crippen molar-refractivity contribution >= 4 is 17.7 Å². The van der Waals surface area contributed by atoms with Crippen molar-refractivity contribution in [2.24, 2.45) is 0 Å². The lowest BCUT2D eigenvalue weighted by molar-refractivity contribution is -0.139. The summed E-state index contributed by atoms with van der Waals surface area (Å²) in [7, 11) is 0. The van der Waals surface area contributed by atoms with Crippen LogP contribution in [0.5, 0.6) is 0 Å². The number of esters is 1. The van der Waals surface area contributed by atoms with E-state index >= 15 is 0 Å². The number of aromatic nitrogens is 2. The molecule has 3 rings (SSSR count). The second-order valence-corrected chi connectivity index (χ2v) is 7.93. The summed E-state index contributed by atoms with van der Waals surface area (Å²) in [6.07, 6.45) is 0.719. The Hall–Kier alpha value is -1.92. The molecule has 0 radical (unpaired) electrons. The third-order valence-electron chi connectivity index (χ3n) is 4.16. The number of rotatable bonds is 5.